The van der Waals surface area contributed by atoms with Crippen molar-refractivity contribution in [3.63, 3.8) is 0 Å². The number of amides is 1. The number of anilines is 7. The first-order chi connectivity index (χ1) is 19.9. The Labute approximate surface area is 255 Å². The Morgan fingerprint density at radius 2 is 1.10 bits per heavy atom. The van der Waals surface area contributed by atoms with Gasteiger partial charge in [-0.15, -0.1) is 12.6 Å². The minimum absolute atomic E-state index is 0.129. The predicted molar refractivity (Wildman–Crippen MR) is 178 cm³/mol. The first-order valence-corrected chi connectivity index (χ1v) is 14.3. The summed E-state index contributed by atoms with van der Waals surface area (Å²) in [7, 11) is 0. The Kier molecular flexibility index (Phi) is 7.57. The molecule has 0 aliphatic heterocycles. The number of nitrogens with zero attached hydrogens (tertiary/aromatic N) is 3. The third-order valence-electron chi connectivity index (χ3n) is 6.36. The number of rotatable bonds is 7. The van der Waals surface area contributed by atoms with Gasteiger partial charge in [0.2, 0.25) is 23.8 Å². The average molecular weight is 670 g/mol. The zero-order valence-corrected chi connectivity index (χ0v) is 24.9. The molecule has 6 aromatic rings. The van der Waals surface area contributed by atoms with Crippen molar-refractivity contribution in [2.24, 2.45) is 0 Å². The maximum atomic E-state index is 11.4. The van der Waals surface area contributed by atoms with Crippen LogP contribution in [-0.4, -0.2) is 20.9 Å². The number of carbonyl (C=O) groups excluding carboxylic acids is 1. The van der Waals surface area contributed by atoms with Crippen LogP contribution in [0.25, 0.3) is 21.5 Å². The lowest BCUT2D eigenvalue weighted by Crippen LogP contribution is -2.08. The van der Waals surface area contributed by atoms with Crippen molar-refractivity contribution in [1.29, 1.82) is 0 Å². The molecule has 0 aliphatic rings. The molecule has 202 valence electrons. The van der Waals surface area contributed by atoms with Crippen LogP contribution < -0.4 is 21.3 Å². The summed E-state index contributed by atoms with van der Waals surface area (Å²) in [4.78, 5) is 26.3. The van der Waals surface area contributed by atoms with Crippen LogP contribution in [0.2, 0.25) is 0 Å². The fourth-order valence-corrected chi connectivity index (χ4v) is 5.50. The van der Waals surface area contributed by atoms with E-state index in [1.54, 1.807) is 0 Å². The van der Waals surface area contributed by atoms with Gasteiger partial charge < -0.3 is 21.3 Å². The topological polar surface area (TPSA) is 104 Å². The Hall–Kier alpha value is -4.42. The third kappa shape index (κ3) is 6.03. The quantitative estimate of drug-likeness (QED) is 0.0862. The molecule has 10 heteroatoms. The third-order valence-corrected chi connectivity index (χ3v) is 7.69. The first-order valence-electron chi connectivity index (χ1n) is 12.8. The highest BCUT2D eigenvalue weighted by molar-refractivity contribution is 14.1. The number of halogens is 1. The van der Waals surface area contributed by atoms with Gasteiger partial charge in [0.25, 0.3) is 0 Å². The lowest BCUT2D eigenvalue weighted by Gasteiger charge is -2.14. The molecule has 0 radical (unpaired) electrons. The lowest BCUT2D eigenvalue weighted by molar-refractivity contribution is -0.114. The van der Waals surface area contributed by atoms with Crippen molar-refractivity contribution in [1.82, 2.24) is 15.0 Å². The van der Waals surface area contributed by atoms with Crippen LogP contribution in [0, 0.1) is 3.57 Å². The second kappa shape index (κ2) is 11.6. The Bertz CT molecular complexity index is 1810. The summed E-state index contributed by atoms with van der Waals surface area (Å²) < 4.78 is 1.16. The summed E-state index contributed by atoms with van der Waals surface area (Å²) in [6.45, 7) is 1.48. The van der Waals surface area contributed by atoms with E-state index >= 15 is 0 Å². The maximum Gasteiger partial charge on any atom is 0.233 e. The summed E-state index contributed by atoms with van der Waals surface area (Å²) in [5.74, 6) is 0.964. The van der Waals surface area contributed by atoms with Gasteiger partial charge in [-0.3, -0.25) is 4.79 Å². The van der Waals surface area contributed by atoms with Crippen molar-refractivity contribution in [3.8, 4) is 0 Å². The molecule has 8 nitrogen and oxygen atoms in total. The molecule has 0 unspecified atom stereocenters. The molecule has 4 N–H and O–H groups in total. The SMILES string of the molecule is CC(=O)Nc1ccc(Nc2nc(Nc3cccc4c(S)cccc34)nc(Nc3cccc4c(I)cccc34)n2)cc1. The summed E-state index contributed by atoms with van der Waals surface area (Å²) in [6.07, 6.45) is 0. The van der Waals surface area contributed by atoms with Crippen LogP contribution >= 0.6 is 35.2 Å². The Morgan fingerprint density at radius 1 is 0.610 bits per heavy atom. The van der Waals surface area contributed by atoms with Crippen LogP contribution in [-0.2, 0) is 4.79 Å². The van der Waals surface area contributed by atoms with Crippen molar-refractivity contribution < 1.29 is 4.79 Å². The number of fused-ring (bicyclic) bond motifs is 2. The standard InChI is InChI=1S/C31H24IN7OS/c1-18(40)33-19-14-16-20(17-15-19)34-29-37-30(35-26-11-3-6-21-22(26)7-2-10-25(21)32)39-31(38-29)36-27-12-4-9-24-23(27)8-5-13-28(24)41/h2-17,41H,1H3,(H,33,40)(H3,34,35,36,37,38,39). The highest BCUT2D eigenvalue weighted by Gasteiger charge is 2.12. The predicted octanol–water partition coefficient (Wildman–Crippen LogP) is 8.26. The Morgan fingerprint density at radius 3 is 1.73 bits per heavy atom. The summed E-state index contributed by atoms with van der Waals surface area (Å²) in [5, 5.41) is 17.0. The minimum atomic E-state index is -0.129. The zero-order chi connectivity index (χ0) is 28.3. The first kappa shape index (κ1) is 26.8. The molecule has 1 amide bonds. The molecular formula is C31H24IN7OS. The van der Waals surface area contributed by atoms with E-state index in [0.717, 1.165) is 47.1 Å². The second-order valence-electron chi connectivity index (χ2n) is 9.26. The van der Waals surface area contributed by atoms with Gasteiger partial charge in [0.1, 0.15) is 0 Å². The van der Waals surface area contributed by atoms with Crippen molar-refractivity contribution in [2.75, 3.05) is 21.3 Å². The van der Waals surface area contributed by atoms with E-state index in [1.807, 2.05) is 78.9 Å². The summed E-state index contributed by atoms with van der Waals surface area (Å²) in [6, 6.07) is 31.5. The molecule has 0 spiro atoms. The van der Waals surface area contributed by atoms with Crippen LogP contribution in [0.1, 0.15) is 6.92 Å². The van der Waals surface area contributed by atoms with Gasteiger partial charge in [-0.1, -0.05) is 48.5 Å². The molecule has 1 aromatic heterocycles. The monoisotopic (exact) mass is 669 g/mol. The van der Waals surface area contributed by atoms with Gasteiger partial charge in [0.15, 0.2) is 0 Å². The fourth-order valence-electron chi connectivity index (χ4n) is 4.54. The van der Waals surface area contributed by atoms with Crippen LogP contribution in [0.3, 0.4) is 0 Å². The molecule has 5 aromatic carbocycles. The molecule has 1 heterocycles. The van der Waals surface area contributed by atoms with Crippen molar-refractivity contribution in [3.05, 3.63) is 101 Å². The van der Waals surface area contributed by atoms with Gasteiger partial charge >= 0.3 is 0 Å². The number of aromatic nitrogens is 3. The van der Waals surface area contributed by atoms with E-state index in [4.69, 9.17) is 4.98 Å². The maximum absolute atomic E-state index is 11.4. The number of carbonyl (C=O) groups is 1. The number of benzene rings is 5. The van der Waals surface area contributed by atoms with E-state index in [-0.39, 0.29) is 5.91 Å². The second-order valence-corrected chi connectivity index (χ2v) is 10.9. The molecule has 0 fully saturated rings. The zero-order valence-electron chi connectivity index (χ0n) is 21.8. The van der Waals surface area contributed by atoms with Crippen LogP contribution in [0.5, 0.6) is 0 Å². The van der Waals surface area contributed by atoms with Gasteiger partial charge in [-0.2, -0.15) is 15.0 Å². The molecule has 0 aliphatic carbocycles. The molecule has 6 rings (SSSR count). The lowest BCUT2D eigenvalue weighted by atomic mass is 10.1. The van der Waals surface area contributed by atoms with Gasteiger partial charge in [0.05, 0.1) is 0 Å². The smallest absolute Gasteiger partial charge is 0.233 e. The summed E-state index contributed by atoms with van der Waals surface area (Å²) >= 11 is 6.96. The van der Waals surface area contributed by atoms with Gasteiger partial charge in [0, 0.05) is 48.9 Å². The average Bonchev–Trinajstić information content (AvgIpc) is 2.95. The van der Waals surface area contributed by atoms with E-state index < -0.39 is 0 Å². The van der Waals surface area contributed by atoms with E-state index in [9.17, 15) is 4.79 Å². The largest absolute Gasteiger partial charge is 0.326 e. The highest BCUT2D eigenvalue weighted by atomic mass is 127. The normalized spacial score (nSPS) is 10.9. The highest BCUT2D eigenvalue weighted by Crippen LogP contribution is 2.32. The fraction of sp³-hybridized carbons (Fsp3) is 0.0323. The molecule has 0 atom stereocenters. The molecular weight excluding hydrogens is 645 g/mol. The van der Waals surface area contributed by atoms with Gasteiger partial charge in [-0.25, -0.2) is 0 Å². The van der Waals surface area contributed by atoms with E-state index in [2.05, 4.69) is 84.7 Å². The number of nitrogens with one attached hydrogen (secondary N) is 4. The molecule has 41 heavy (non-hydrogen) atoms. The number of thiol groups is 1. The van der Waals surface area contributed by atoms with E-state index in [1.165, 1.54) is 6.92 Å². The Balaban J connectivity index is 1.38. The van der Waals surface area contributed by atoms with Crippen LogP contribution in [0.4, 0.5) is 40.6 Å². The van der Waals surface area contributed by atoms with Gasteiger partial charge in [-0.05, 0) is 81.9 Å². The number of hydrogen-bond acceptors (Lipinski definition) is 8. The molecule has 0 bridgehead atoms. The van der Waals surface area contributed by atoms with Crippen LogP contribution in [0.15, 0.2) is 102 Å². The van der Waals surface area contributed by atoms with Crippen molar-refractivity contribution in [2.45, 2.75) is 11.8 Å². The molecule has 0 saturated carbocycles. The summed E-state index contributed by atoms with van der Waals surface area (Å²) in [5.41, 5.74) is 3.19. The van der Waals surface area contributed by atoms with Crippen molar-refractivity contribution >= 4 is 103 Å². The number of hydrogen-bond donors (Lipinski definition) is 5. The van der Waals surface area contributed by atoms with E-state index in [0.29, 0.717) is 23.5 Å². The molecule has 0 saturated heterocycles. The minimum Gasteiger partial charge on any atom is -0.326 e.